The second-order valence-corrected chi connectivity index (χ2v) is 4.81. The van der Waals surface area contributed by atoms with E-state index in [2.05, 4.69) is 23.5 Å². The summed E-state index contributed by atoms with van der Waals surface area (Å²) in [5.74, 6) is 1.00. The van der Waals surface area contributed by atoms with Crippen LogP contribution in [0.1, 0.15) is 24.0 Å². The molecule has 0 amide bonds. The van der Waals surface area contributed by atoms with Crippen molar-refractivity contribution in [1.82, 2.24) is 5.32 Å². The average Bonchev–Trinajstić information content (AvgIpc) is 2.40. The van der Waals surface area contributed by atoms with Crippen LogP contribution < -0.4 is 10.1 Å². The molecule has 0 radical (unpaired) electrons. The number of benzene rings is 1. The fourth-order valence-corrected chi connectivity index (χ4v) is 2.52. The van der Waals surface area contributed by atoms with E-state index in [0.717, 1.165) is 51.3 Å². The molecule has 2 aliphatic rings. The van der Waals surface area contributed by atoms with Crippen molar-refractivity contribution in [3.8, 4) is 5.75 Å². The highest BCUT2D eigenvalue weighted by Gasteiger charge is 2.16. The topological polar surface area (TPSA) is 30.5 Å². The smallest absolute Gasteiger partial charge is 0.122 e. The van der Waals surface area contributed by atoms with E-state index in [1.54, 1.807) is 0 Å². The van der Waals surface area contributed by atoms with Crippen LogP contribution in [0.2, 0.25) is 0 Å². The van der Waals surface area contributed by atoms with Crippen molar-refractivity contribution >= 4 is 0 Å². The molecule has 0 aliphatic carbocycles. The number of hydrogen-bond donors (Lipinski definition) is 1. The molecular weight excluding hydrogens is 214 g/mol. The summed E-state index contributed by atoms with van der Waals surface area (Å²) in [4.78, 5) is 0. The van der Waals surface area contributed by atoms with Crippen molar-refractivity contribution in [2.45, 2.75) is 31.9 Å². The molecule has 1 fully saturated rings. The molecule has 0 spiro atoms. The lowest BCUT2D eigenvalue weighted by Gasteiger charge is -2.24. The van der Waals surface area contributed by atoms with E-state index in [1.165, 1.54) is 11.1 Å². The Hall–Kier alpha value is -1.06. The van der Waals surface area contributed by atoms with Crippen molar-refractivity contribution < 1.29 is 9.47 Å². The molecule has 1 atom stereocenters. The van der Waals surface area contributed by atoms with Crippen LogP contribution in [0.4, 0.5) is 0 Å². The lowest BCUT2D eigenvalue weighted by molar-refractivity contribution is 0.00739. The van der Waals surface area contributed by atoms with Crippen LogP contribution in [-0.4, -0.2) is 25.9 Å². The van der Waals surface area contributed by atoms with Gasteiger partial charge in [0.2, 0.25) is 0 Å². The minimum Gasteiger partial charge on any atom is -0.488 e. The number of hydrogen-bond acceptors (Lipinski definition) is 3. The zero-order valence-corrected chi connectivity index (χ0v) is 10.1. The van der Waals surface area contributed by atoms with Gasteiger partial charge in [-0.25, -0.2) is 0 Å². The van der Waals surface area contributed by atoms with Crippen molar-refractivity contribution in [3.63, 3.8) is 0 Å². The fraction of sp³-hybridized carbons (Fsp3) is 0.571. The molecule has 1 saturated heterocycles. The highest BCUT2D eigenvalue weighted by Crippen LogP contribution is 2.23. The van der Waals surface area contributed by atoms with Gasteiger partial charge in [0, 0.05) is 13.2 Å². The quantitative estimate of drug-likeness (QED) is 0.846. The SMILES string of the molecule is c1cc2c(cc1OC1CCCOC1)CCNC2. The first-order valence-corrected chi connectivity index (χ1v) is 6.49. The lowest BCUT2D eigenvalue weighted by atomic mass is 10.0. The van der Waals surface area contributed by atoms with Crippen molar-refractivity contribution in [1.29, 1.82) is 0 Å². The Morgan fingerprint density at radius 1 is 1.29 bits per heavy atom. The Balaban J connectivity index is 1.70. The van der Waals surface area contributed by atoms with E-state index in [1.807, 2.05) is 0 Å². The average molecular weight is 233 g/mol. The van der Waals surface area contributed by atoms with E-state index < -0.39 is 0 Å². The highest BCUT2D eigenvalue weighted by molar-refractivity contribution is 5.37. The van der Waals surface area contributed by atoms with E-state index >= 15 is 0 Å². The molecule has 1 aromatic carbocycles. The number of nitrogens with one attached hydrogen (secondary N) is 1. The first-order valence-electron chi connectivity index (χ1n) is 6.49. The van der Waals surface area contributed by atoms with Crippen LogP contribution in [0.25, 0.3) is 0 Å². The largest absolute Gasteiger partial charge is 0.488 e. The van der Waals surface area contributed by atoms with Gasteiger partial charge >= 0.3 is 0 Å². The molecule has 17 heavy (non-hydrogen) atoms. The summed E-state index contributed by atoms with van der Waals surface area (Å²) in [6.07, 6.45) is 3.56. The Kier molecular flexibility index (Phi) is 3.29. The molecule has 0 bridgehead atoms. The van der Waals surface area contributed by atoms with Gasteiger partial charge in [-0.3, -0.25) is 0 Å². The molecule has 0 saturated carbocycles. The van der Waals surface area contributed by atoms with Gasteiger partial charge in [-0.15, -0.1) is 0 Å². The van der Waals surface area contributed by atoms with Gasteiger partial charge in [0.1, 0.15) is 11.9 Å². The normalized spacial score (nSPS) is 24.1. The summed E-state index contributed by atoms with van der Waals surface area (Å²) in [6, 6.07) is 6.46. The molecule has 1 unspecified atom stereocenters. The van der Waals surface area contributed by atoms with E-state index in [-0.39, 0.29) is 6.10 Å². The summed E-state index contributed by atoms with van der Waals surface area (Å²) in [5.41, 5.74) is 2.83. The van der Waals surface area contributed by atoms with Crippen molar-refractivity contribution in [2.24, 2.45) is 0 Å². The molecule has 3 nitrogen and oxygen atoms in total. The third-order valence-electron chi connectivity index (χ3n) is 3.49. The number of rotatable bonds is 2. The summed E-state index contributed by atoms with van der Waals surface area (Å²) in [7, 11) is 0. The number of fused-ring (bicyclic) bond motifs is 1. The molecule has 2 aliphatic heterocycles. The van der Waals surface area contributed by atoms with Crippen LogP contribution >= 0.6 is 0 Å². The van der Waals surface area contributed by atoms with E-state index in [0.29, 0.717) is 0 Å². The number of ether oxygens (including phenoxy) is 2. The van der Waals surface area contributed by atoms with Gasteiger partial charge in [0.15, 0.2) is 0 Å². The van der Waals surface area contributed by atoms with Gasteiger partial charge < -0.3 is 14.8 Å². The Bertz CT molecular complexity index is 386. The minimum atomic E-state index is 0.239. The lowest BCUT2D eigenvalue weighted by Crippen LogP contribution is -2.28. The van der Waals surface area contributed by atoms with Crippen LogP contribution in [0.15, 0.2) is 18.2 Å². The molecule has 2 heterocycles. The van der Waals surface area contributed by atoms with Crippen LogP contribution in [0.3, 0.4) is 0 Å². The Morgan fingerprint density at radius 2 is 2.29 bits per heavy atom. The van der Waals surface area contributed by atoms with Crippen LogP contribution in [0, 0.1) is 0 Å². The maximum atomic E-state index is 5.98. The van der Waals surface area contributed by atoms with Gasteiger partial charge in [-0.1, -0.05) is 6.07 Å². The van der Waals surface area contributed by atoms with Gasteiger partial charge in [-0.05, 0) is 49.1 Å². The van der Waals surface area contributed by atoms with Gasteiger partial charge in [-0.2, -0.15) is 0 Å². The minimum absolute atomic E-state index is 0.239. The first-order chi connectivity index (χ1) is 8.42. The summed E-state index contributed by atoms with van der Waals surface area (Å²) in [5, 5.41) is 3.38. The summed E-state index contributed by atoms with van der Waals surface area (Å²) in [6.45, 7) is 3.68. The fourth-order valence-electron chi connectivity index (χ4n) is 2.52. The van der Waals surface area contributed by atoms with Crippen LogP contribution in [0.5, 0.6) is 5.75 Å². The third kappa shape index (κ3) is 2.61. The standard InChI is InChI=1S/C14H19NO2/c1-2-14(10-16-7-1)17-13-4-3-12-9-15-6-5-11(12)8-13/h3-4,8,14-15H,1-2,5-7,9-10H2. The second-order valence-electron chi connectivity index (χ2n) is 4.81. The Labute approximate surface area is 102 Å². The monoisotopic (exact) mass is 233 g/mol. The van der Waals surface area contributed by atoms with Crippen molar-refractivity contribution in [2.75, 3.05) is 19.8 Å². The second kappa shape index (κ2) is 5.07. The maximum Gasteiger partial charge on any atom is 0.122 e. The highest BCUT2D eigenvalue weighted by atomic mass is 16.5. The van der Waals surface area contributed by atoms with E-state index in [9.17, 15) is 0 Å². The summed E-state index contributed by atoms with van der Waals surface area (Å²) < 4.78 is 11.4. The zero-order chi connectivity index (χ0) is 11.5. The zero-order valence-electron chi connectivity index (χ0n) is 10.1. The molecule has 0 aromatic heterocycles. The van der Waals surface area contributed by atoms with E-state index in [4.69, 9.17) is 9.47 Å². The van der Waals surface area contributed by atoms with Gasteiger partial charge in [0.25, 0.3) is 0 Å². The molecule has 3 rings (SSSR count). The molecule has 92 valence electrons. The maximum absolute atomic E-state index is 5.98. The van der Waals surface area contributed by atoms with Gasteiger partial charge in [0.05, 0.1) is 6.61 Å². The summed E-state index contributed by atoms with van der Waals surface area (Å²) >= 11 is 0. The predicted octanol–water partition coefficient (Wildman–Crippen LogP) is 1.89. The van der Waals surface area contributed by atoms with Crippen molar-refractivity contribution in [3.05, 3.63) is 29.3 Å². The Morgan fingerprint density at radius 3 is 3.18 bits per heavy atom. The molecule has 1 N–H and O–H groups in total. The third-order valence-corrected chi connectivity index (χ3v) is 3.49. The van der Waals surface area contributed by atoms with Crippen LogP contribution in [-0.2, 0) is 17.7 Å². The molecule has 3 heteroatoms. The molecule has 1 aromatic rings. The first kappa shape index (κ1) is 11.1. The molecular formula is C14H19NO2. The predicted molar refractivity (Wildman–Crippen MR) is 66.3 cm³/mol.